The van der Waals surface area contributed by atoms with Gasteiger partial charge in [0, 0.05) is 5.56 Å². The Bertz CT molecular complexity index is 903. The van der Waals surface area contributed by atoms with Gasteiger partial charge in [0.05, 0.1) is 6.54 Å². The van der Waals surface area contributed by atoms with Crippen LogP contribution in [0.25, 0.3) is 0 Å². The molecule has 3 amide bonds. The number of nitrogens with zero attached hydrogens (tertiary/aromatic N) is 1. The van der Waals surface area contributed by atoms with Gasteiger partial charge in [-0.2, -0.15) is 0 Å². The van der Waals surface area contributed by atoms with Gasteiger partial charge in [-0.1, -0.05) is 17.7 Å². The lowest BCUT2D eigenvalue weighted by atomic mass is 9.91. The Kier molecular flexibility index (Phi) is 4.30. The third-order valence-electron chi connectivity index (χ3n) is 4.90. The lowest BCUT2D eigenvalue weighted by Gasteiger charge is -2.23. The van der Waals surface area contributed by atoms with Gasteiger partial charge in [-0.15, -0.1) is 0 Å². The number of benzene rings is 2. The molecular formula is C20H20F2N2O2. The fourth-order valence-corrected chi connectivity index (χ4v) is 3.52. The molecular weight excluding hydrogens is 338 g/mol. The monoisotopic (exact) mass is 358 g/mol. The summed E-state index contributed by atoms with van der Waals surface area (Å²) in [6.45, 7) is 7.27. The Labute approximate surface area is 150 Å². The van der Waals surface area contributed by atoms with Crippen molar-refractivity contribution in [2.75, 3.05) is 0 Å². The van der Waals surface area contributed by atoms with Crippen LogP contribution in [0.1, 0.15) is 34.7 Å². The zero-order chi connectivity index (χ0) is 19.2. The Balaban J connectivity index is 1.99. The van der Waals surface area contributed by atoms with Gasteiger partial charge >= 0.3 is 6.03 Å². The molecule has 1 aliphatic heterocycles. The lowest BCUT2D eigenvalue weighted by molar-refractivity contribution is -0.131. The number of urea groups is 1. The first-order chi connectivity index (χ1) is 12.1. The van der Waals surface area contributed by atoms with Gasteiger partial charge in [0.1, 0.15) is 17.2 Å². The van der Waals surface area contributed by atoms with Gasteiger partial charge < -0.3 is 5.32 Å². The van der Waals surface area contributed by atoms with Gasteiger partial charge in [0.25, 0.3) is 5.91 Å². The van der Waals surface area contributed by atoms with Crippen molar-refractivity contribution in [2.24, 2.45) is 0 Å². The number of imide groups is 1. The number of carbonyl (C=O) groups excluding carboxylic acids is 2. The standard InChI is InChI=1S/C20H20F2N2O2/c1-11-7-12(2)15(13(3)8-11)10-24-18(25)20(4,23-19(24)26)16-9-14(21)5-6-17(16)22/h5-9H,10H2,1-4H3,(H,23,26). The minimum atomic E-state index is -1.64. The molecule has 2 aromatic rings. The van der Waals surface area contributed by atoms with Crippen molar-refractivity contribution in [3.05, 3.63) is 69.8 Å². The third-order valence-corrected chi connectivity index (χ3v) is 4.90. The third kappa shape index (κ3) is 2.85. The smallest absolute Gasteiger partial charge is 0.319 e. The highest BCUT2D eigenvalue weighted by atomic mass is 19.1. The summed E-state index contributed by atoms with van der Waals surface area (Å²) < 4.78 is 27.8. The Hall–Kier alpha value is -2.76. The summed E-state index contributed by atoms with van der Waals surface area (Å²) in [5.41, 5.74) is 2.06. The van der Waals surface area contributed by atoms with Gasteiger partial charge in [-0.3, -0.25) is 9.69 Å². The molecule has 1 N–H and O–H groups in total. The summed E-state index contributed by atoms with van der Waals surface area (Å²) in [4.78, 5) is 26.4. The van der Waals surface area contributed by atoms with Gasteiger partial charge in [-0.25, -0.2) is 13.6 Å². The predicted molar refractivity (Wildman–Crippen MR) is 93.4 cm³/mol. The fourth-order valence-electron chi connectivity index (χ4n) is 3.52. The molecule has 4 nitrogen and oxygen atoms in total. The number of halogens is 2. The first-order valence-electron chi connectivity index (χ1n) is 8.30. The molecule has 1 atom stereocenters. The largest absolute Gasteiger partial charge is 0.325 e. The zero-order valence-corrected chi connectivity index (χ0v) is 15.1. The summed E-state index contributed by atoms with van der Waals surface area (Å²) in [5, 5.41) is 2.52. The quantitative estimate of drug-likeness (QED) is 0.847. The van der Waals surface area contributed by atoms with Gasteiger partial charge in [0.2, 0.25) is 0 Å². The molecule has 136 valence electrons. The second kappa shape index (κ2) is 6.20. The molecule has 1 fully saturated rings. The molecule has 0 radical (unpaired) electrons. The van der Waals surface area contributed by atoms with E-state index in [2.05, 4.69) is 5.32 Å². The van der Waals surface area contributed by atoms with Crippen molar-refractivity contribution in [1.82, 2.24) is 10.2 Å². The molecule has 1 saturated heterocycles. The summed E-state index contributed by atoms with van der Waals surface area (Å²) in [5.74, 6) is -2.02. The molecule has 1 aliphatic rings. The van der Waals surface area contributed by atoms with E-state index in [0.29, 0.717) is 0 Å². The molecule has 0 aromatic heterocycles. The zero-order valence-electron chi connectivity index (χ0n) is 15.1. The second-order valence-corrected chi connectivity index (χ2v) is 6.95. The molecule has 0 saturated carbocycles. The van der Waals surface area contributed by atoms with Crippen LogP contribution in [-0.4, -0.2) is 16.8 Å². The van der Waals surface area contributed by atoms with E-state index in [1.54, 1.807) is 0 Å². The highest BCUT2D eigenvalue weighted by Crippen LogP contribution is 2.32. The van der Waals surface area contributed by atoms with Crippen LogP contribution in [0, 0.1) is 32.4 Å². The van der Waals surface area contributed by atoms with Crippen LogP contribution in [0.4, 0.5) is 13.6 Å². The number of hydrogen-bond acceptors (Lipinski definition) is 2. The lowest BCUT2D eigenvalue weighted by Crippen LogP contribution is -2.41. The summed E-state index contributed by atoms with van der Waals surface area (Å²) >= 11 is 0. The molecule has 6 heteroatoms. The number of hydrogen-bond donors (Lipinski definition) is 1. The van der Waals surface area contributed by atoms with Crippen molar-refractivity contribution >= 4 is 11.9 Å². The summed E-state index contributed by atoms with van der Waals surface area (Å²) in [6.07, 6.45) is 0. The topological polar surface area (TPSA) is 49.4 Å². The van der Waals surface area contributed by atoms with Crippen molar-refractivity contribution in [1.29, 1.82) is 0 Å². The highest BCUT2D eigenvalue weighted by Gasteiger charge is 2.50. The van der Waals surface area contributed by atoms with E-state index >= 15 is 0 Å². The van der Waals surface area contributed by atoms with E-state index in [4.69, 9.17) is 0 Å². The van der Waals surface area contributed by atoms with Crippen LogP contribution < -0.4 is 5.32 Å². The van der Waals surface area contributed by atoms with E-state index < -0.39 is 29.1 Å². The normalized spacial score (nSPS) is 19.8. The van der Waals surface area contributed by atoms with Crippen molar-refractivity contribution < 1.29 is 18.4 Å². The van der Waals surface area contributed by atoms with E-state index in [1.807, 2.05) is 32.9 Å². The number of carbonyl (C=O) groups is 2. The van der Waals surface area contributed by atoms with Crippen LogP contribution in [0.15, 0.2) is 30.3 Å². The molecule has 26 heavy (non-hydrogen) atoms. The minimum Gasteiger partial charge on any atom is -0.319 e. The molecule has 0 aliphatic carbocycles. The Morgan fingerprint density at radius 3 is 2.27 bits per heavy atom. The first-order valence-corrected chi connectivity index (χ1v) is 8.30. The van der Waals surface area contributed by atoms with Crippen LogP contribution in [0.2, 0.25) is 0 Å². The van der Waals surface area contributed by atoms with E-state index in [9.17, 15) is 18.4 Å². The molecule has 1 unspecified atom stereocenters. The molecule has 2 aromatic carbocycles. The van der Waals surface area contributed by atoms with Crippen molar-refractivity contribution in [3.8, 4) is 0 Å². The van der Waals surface area contributed by atoms with Crippen molar-refractivity contribution in [3.63, 3.8) is 0 Å². The molecule has 0 bridgehead atoms. The minimum absolute atomic E-state index is 0.0785. The SMILES string of the molecule is Cc1cc(C)c(CN2C(=O)NC(C)(c3cc(F)ccc3F)C2=O)c(C)c1. The van der Waals surface area contributed by atoms with Crippen molar-refractivity contribution in [2.45, 2.75) is 39.8 Å². The van der Waals surface area contributed by atoms with Crippen LogP contribution >= 0.6 is 0 Å². The van der Waals surface area contributed by atoms with E-state index in [1.165, 1.54) is 6.92 Å². The maximum absolute atomic E-state index is 14.2. The average molecular weight is 358 g/mol. The number of rotatable bonds is 3. The average Bonchev–Trinajstić information content (AvgIpc) is 2.76. The second-order valence-electron chi connectivity index (χ2n) is 6.95. The fraction of sp³-hybridized carbons (Fsp3) is 0.300. The number of amides is 3. The van der Waals surface area contributed by atoms with Crippen LogP contribution in [0.3, 0.4) is 0 Å². The Morgan fingerprint density at radius 2 is 1.65 bits per heavy atom. The van der Waals surface area contributed by atoms with Crippen LogP contribution in [0.5, 0.6) is 0 Å². The summed E-state index contributed by atoms with van der Waals surface area (Å²) in [7, 11) is 0. The van der Waals surface area contributed by atoms with Gasteiger partial charge in [0.15, 0.2) is 0 Å². The highest BCUT2D eigenvalue weighted by molar-refractivity contribution is 6.07. The maximum atomic E-state index is 14.2. The Morgan fingerprint density at radius 1 is 1.04 bits per heavy atom. The van der Waals surface area contributed by atoms with E-state index in [0.717, 1.165) is 45.4 Å². The molecule has 0 spiro atoms. The number of aryl methyl sites for hydroxylation is 3. The van der Waals surface area contributed by atoms with Gasteiger partial charge in [-0.05, 0) is 62.6 Å². The summed E-state index contributed by atoms with van der Waals surface area (Å²) in [6, 6.07) is 6.20. The first kappa shape index (κ1) is 18.0. The predicted octanol–water partition coefficient (Wildman–Crippen LogP) is 3.86. The maximum Gasteiger partial charge on any atom is 0.325 e. The number of nitrogens with one attached hydrogen (secondary N) is 1. The van der Waals surface area contributed by atoms with E-state index in [-0.39, 0.29) is 12.1 Å². The molecule has 1 heterocycles. The van der Waals surface area contributed by atoms with Crippen LogP contribution in [-0.2, 0) is 16.9 Å². The molecule has 3 rings (SSSR count).